The van der Waals surface area contributed by atoms with E-state index in [0.29, 0.717) is 54.8 Å². The number of halogens is 2. The van der Waals surface area contributed by atoms with Gasteiger partial charge in [-0.15, -0.1) is 0 Å². The van der Waals surface area contributed by atoms with Crippen LogP contribution in [0, 0.1) is 11.7 Å². The summed E-state index contributed by atoms with van der Waals surface area (Å²) in [6.07, 6.45) is 3.35. The molecule has 2 fully saturated rings. The van der Waals surface area contributed by atoms with Crippen LogP contribution in [-0.2, 0) is 27.9 Å². The number of carbonyl (C=O) groups excluding carboxylic acids is 1. The maximum absolute atomic E-state index is 14.3. The van der Waals surface area contributed by atoms with E-state index < -0.39 is 15.8 Å². The maximum Gasteiger partial charge on any atom is 0.264 e. The minimum Gasteiger partial charge on any atom is -0.384 e. The fourth-order valence-electron chi connectivity index (χ4n) is 5.65. The lowest BCUT2D eigenvalue weighted by atomic mass is 9.94. The zero-order chi connectivity index (χ0) is 29.9. The maximum atomic E-state index is 14.3. The van der Waals surface area contributed by atoms with E-state index in [1.54, 1.807) is 30.5 Å². The van der Waals surface area contributed by atoms with E-state index in [9.17, 15) is 17.6 Å². The second kappa shape index (κ2) is 12.9. The van der Waals surface area contributed by atoms with E-state index in [4.69, 9.17) is 17.3 Å². The van der Waals surface area contributed by atoms with E-state index in [1.165, 1.54) is 19.2 Å². The van der Waals surface area contributed by atoms with Crippen molar-refractivity contribution in [2.24, 2.45) is 5.92 Å². The summed E-state index contributed by atoms with van der Waals surface area (Å²) < 4.78 is 42.5. The zero-order valence-corrected chi connectivity index (χ0v) is 25.2. The van der Waals surface area contributed by atoms with Crippen LogP contribution in [0.3, 0.4) is 0 Å². The van der Waals surface area contributed by atoms with E-state index in [-0.39, 0.29) is 16.7 Å². The molecule has 224 valence electrons. The summed E-state index contributed by atoms with van der Waals surface area (Å²) in [5.41, 5.74) is 7.86. The lowest BCUT2D eigenvalue weighted by Crippen LogP contribution is -2.51. The van der Waals surface area contributed by atoms with Crippen molar-refractivity contribution in [2.75, 3.05) is 56.4 Å². The first-order valence-electron chi connectivity index (χ1n) is 14.1. The largest absolute Gasteiger partial charge is 0.384 e. The van der Waals surface area contributed by atoms with Crippen molar-refractivity contribution in [1.82, 2.24) is 19.7 Å². The third-order valence-corrected chi connectivity index (χ3v) is 10.2. The average Bonchev–Trinajstić information content (AvgIpc) is 2.98. The molecule has 3 heterocycles. The minimum absolute atomic E-state index is 0.00700. The monoisotopic (exact) mass is 614 g/mol. The fraction of sp³-hybridized carbons (Fsp3) is 0.400. The molecule has 12 heteroatoms. The number of piperidine rings is 1. The normalized spacial score (nSPS) is 17.4. The number of nitrogens with two attached hydrogens (primary N) is 1. The van der Waals surface area contributed by atoms with Crippen molar-refractivity contribution in [2.45, 2.75) is 30.8 Å². The van der Waals surface area contributed by atoms with Crippen molar-refractivity contribution < 1.29 is 17.6 Å². The molecule has 2 aliphatic heterocycles. The lowest BCUT2D eigenvalue weighted by Gasteiger charge is -2.38. The first-order chi connectivity index (χ1) is 20.1. The molecular weight excluding hydrogens is 579 g/mol. The second-order valence-electron chi connectivity index (χ2n) is 10.9. The summed E-state index contributed by atoms with van der Waals surface area (Å²) >= 11 is 5.96. The Labute approximate surface area is 251 Å². The van der Waals surface area contributed by atoms with Crippen LogP contribution in [0.1, 0.15) is 24.0 Å². The Bertz CT molecular complexity index is 1510. The van der Waals surface area contributed by atoms with E-state index in [0.717, 1.165) is 48.4 Å². The number of nitrogens with zero attached hydrogens (tertiary/aromatic N) is 5. The smallest absolute Gasteiger partial charge is 0.264 e. The zero-order valence-electron chi connectivity index (χ0n) is 23.6. The number of carbonyl (C=O) groups is 1. The van der Waals surface area contributed by atoms with Crippen molar-refractivity contribution in [3.8, 4) is 0 Å². The number of pyridine rings is 1. The van der Waals surface area contributed by atoms with Crippen molar-refractivity contribution in [1.29, 1.82) is 0 Å². The number of benzene rings is 2. The van der Waals surface area contributed by atoms with Gasteiger partial charge in [-0.2, -0.15) is 0 Å². The first kappa shape index (κ1) is 30.2. The van der Waals surface area contributed by atoms with E-state index in [1.807, 2.05) is 17.0 Å². The molecule has 3 aromatic rings. The topological polar surface area (TPSA) is 103 Å². The summed E-state index contributed by atoms with van der Waals surface area (Å²) in [6, 6.07) is 14.2. The third-order valence-electron chi connectivity index (χ3n) is 8.12. The number of nitrogen functional groups attached to an aromatic ring is 1. The summed E-state index contributed by atoms with van der Waals surface area (Å²) in [4.78, 5) is 23.7. The van der Waals surface area contributed by atoms with Crippen LogP contribution in [0.15, 0.2) is 65.7 Å². The van der Waals surface area contributed by atoms with Crippen molar-refractivity contribution in [3.63, 3.8) is 0 Å². The molecule has 2 aromatic carbocycles. The first-order valence-corrected chi connectivity index (χ1v) is 15.9. The Hall–Kier alpha value is -3.25. The van der Waals surface area contributed by atoms with Gasteiger partial charge in [0.1, 0.15) is 11.6 Å². The van der Waals surface area contributed by atoms with Crippen LogP contribution >= 0.6 is 11.6 Å². The molecule has 0 saturated carbocycles. The molecule has 0 bridgehead atoms. The number of sulfonamides is 1. The van der Waals surface area contributed by atoms with Crippen LogP contribution in [0.4, 0.5) is 15.9 Å². The number of hydrogen-bond donors (Lipinski definition) is 1. The SMILES string of the molecule is CN(c1ccc(Cl)cc1)S(=O)(=O)c1cc(F)ccc1CN1CCN(C(=O)C2CCN(Cc3ccnc(N)c3)CC2)CC1. The molecule has 1 amide bonds. The number of amides is 1. The summed E-state index contributed by atoms with van der Waals surface area (Å²) in [5.74, 6) is 0.0945. The number of anilines is 2. The quantitative estimate of drug-likeness (QED) is 0.411. The Morgan fingerprint density at radius 3 is 2.31 bits per heavy atom. The highest BCUT2D eigenvalue weighted by atomic mass is 35.5. The molecule has 42 heavy (non-hydrogen) atoms. The van der Waals surface area contributed by atoms with Gasteiger partial charge in [0.2, 0.25) is 5.91 Å². The molecule has 2 N–H and O–H groups in total. The Morgan fingerprint density at radius 1 is 0.976 bits per heavy atom. The van der Waals surface area contributed by atoms with Gasteiger partial charge in [0.15, 0.2) is 0 Å². The van der Waals surface area contributed by atoms with Gasteiger partial charge >= 0.3 is 0 Å². The van der Waals surface area contributed by atoms with Gasteiger partial charge in [0.25, 0.3) is 10.0 Å². The van der Waals surface area contributed by atoms with Gasteiger partial charge < -0.3 is 10.6 Å². The Balaban J connectivity index is 1.16. The number of hydrogen-bond acceptors (Lipinski definition) is 7. The van der Waals surface area contributed by atoms with Gasteiger partial charge in [-0.05, 0) is 85.6 Å². The van der Waals surface area contributed by atoms with Crippen LogP contribution in [-0.4, -0.2) is 80.3 Å². The highest BCUT2D eigenvalue weighted by Gasteiger charge is 2.31. The van der Waals surface area contributed by atoms with Gasteiger partial charge in [-0.3, -0.25) is 18.9 Å². The predicted molar refractivity (Wildman–Crippen MR) is 162 cm³/mol. The average molecular weight is 615 g/mol. The van der Waals surface area contributed by atoms with Crippen molar-refractivity contribution in [3.05, 3.63) is 82.8 Å². The van der Waals surface area contributed by atoms with Crippen LogP contribution in [0.25, 0.3) is 0 Å². The Morgan fingerprint density at radius 2 is 1.64 bits per heavy atom. The molecule has 9 nitrogen and oxygen atoms in total. The van der Waals surface area contributed by atoms with Gasteiger partial charge in [0, 0.05) is 63.5 Å². The van der Waals surface area contributed by atoms with E-state index >= 15 is 0 Å². The molecule has 0 unspecified atom stereocenters. The lowest BCUT2D eigenvalue weighted by molar-refractivity contribution is -0.139. The van der Waals surface area contributed by atoms with E-state index in [2.05, 4.69) is 14.8 Å². The van der Waals surface area contributed by atoms with Gasteiger partial charge in [-0.25, -0.2) is 17.8 Å². The molecule has 2 saturated heterocycles. The summed E-state index contributed by atoms with van der Waals surface area (Å²) in [5, 5.41) is 0.492. The van der Waals surface area contributed by atoms with Crippen molar-refractivity contribution >= 4 is 39.0 Å². The molecular formula is C30H36ClFN6O3S. The summed E-state index contributed by atoms with van der Waals surface area (Å²) in [6.45, 7) is 5.20. The third kappa shape index (κ3) is 7.03. The van der Waals surface area contributed by atoms with Crippen LogP contribution in [0.5, 0.6) is 0 Å². The number of likely N-dealkylation sites (tertiary alicyclic amines) is 1. The molecule has 2 aliphatic rings. The number of rotatable bonds is 8. The molecule has 0 spiro atoms. The molecule has 0 atom stereocenters. The minimum atomic E-state index is -4.03. The number of piperazine rings is 1. The Kier molecular flexibility index (Phi) is 9.32. The predicted octanol–water partition coefficient (Wildman–Crippen LogP) is 3.84. The van der Waals surface area contributed by atoms with Gasteiger partial charge in [-0.1, -0.05) is 17.7 Å². The van der Waals surface area contributed by atoms with Crippen LogP contribution < -0.4 is 10.0 Å². The second-order valence-corrected chi connectivity index (χ2v) is 13.3. The molecule has 0 aliphatic carbocycles. The highest BCUT2D eigenvalue weighted by molar-refractivity contribution is 7.92. The molecule has 5 rings (SSSR count). The summed E-state index contributed by atoms with van der Waals surface area (Å²) in [7, 11) is -2.59. The molecule has 1 aromatic heterocycles. The molecule has 0 radical (unpaired) electrons. The standard InChI is InChI=1S/C30H36ClFN6O3S/c1-35(27-6-3-25(31)4-7-27)42(40,41)28-19-26(32)5-2-24(28)21-37-14-16-38(17-15-37)30(39)23-9-12-36(13-10-23)20-22-8-11-34-29(33)18-22/h2-8,11,18-19,23H,9-10,12-17,20-21H2,1H3,(H2,33,34). The number of aromatic nitrogens is 1. The fourth-order valence-corrected chi connectivity index (χ4v) is 7.20. The van der Waals surface area contributed by atoms with Crippen LogP contribution in [0.2, 0.25) is 5.02 Å². The van der Waals surface area contributed by atoms with Gasteiger partial charge in [0.05, 0.1) is 10.6 Å². The highest BCUT2D eigenvalue weighted by Crippen LogP contribution is 2.28.